The van der Waals surface area contributed by atoms with Crippen LogP contribution in [-0.2, 0) is 9.53 Å². The molecular weight excluding hydrogens is 152 g/mol. The lowest BCUT2D eigenvalue weighted by Crippen LogP contribution is -1.96. The van der Waals surface area contributed by atoms with Crippen LogP contribution in [0.3, 0.4) is 0 Å². The summed E-state index contributed by atoms with van der Waals surface area (Å²) in [7, 11) is 1.39. The van der Waals surface area contributed by atoms with Crippen LogP contribution in [0.4, 0.5) is 0 Å². The molecule has 0 saturated carbocycles. The summed E-state index contributed by atoms with van der Waals surface area (Å²) in [5.41, 5.74) is 0. The molecule has 0 radical (unpaired) electrons. The predicted octanol–water partition coefficient (Wildman–Crippen LogP) is 2.46. The molecule has 0 rings (SSSR count). The molecule has 0 spiro atoms. The third-order valence-electron chi connectivity index (χ3n) is 1.35. The molecule has 0 bridgehead atoms. The summed E-state index contributed by atoms with van der Waals surface area (Å²) in [6.45, 7) is 2.13. The van der Waals surface area contributed by atoms with E-state index < -0.39 is 0 Å². The van der Waals surface area contributed by atoms with E-state index in [1.165, 1.54) is 7.11 Å². The maximum absolute atomic E-state index is 10.6. The molecule has 2 nitrogen and oxygen atoms in total. The molecule has 0 aromatic heterocycles. The highest BCUT2D eigenvalue weighted by molar-refractivity contribution is 5.70. The normalized spacial score (nSPS) is 11.2. The van der Waals surface area contributed by atoms with E-state index in [1.54, 1.807) is 6.08 Å². The first-order chi connectivity index (χ1) is 5.81. The van der Waals surface area contributed by atoms with Crippen LogP contribution in [0.1, 0.15) is 26.2 Å². The van der Waals surface area contributed by atoms with Crippen molar-refractivity contribution in [2.24, 2.45) is 0 Å². The maximum atomic E-state index is 10.6. The summed E-state index contributed by atoms with van der Waals surface area (Å²) in [4.78, 5) is 10.6. The molecule has 0 unspecified atom stereocenters. The number of carbonyl (C=O) groups is 1. The Hall–Kier alpha value is -1.05. The molecule has 0 aromatic rings. The number of ether oxygens (including phenoxy) is 1. The average molecular weight is 168 g/mol. The fourth-order valence-electron chi connectivity index (χ4n) is 0.668. The quantitative estimate of drug-likeness (QED) is 0.465. The average Bonchev–Trinajstić information content (AvgIpc) is 2.10. The lowest BCUT2D eigenvalue weighted by atomic mass is 10.3. The first-order valence-corrected chi connectivity index (χ1v) is 4.19. The van der Waals surface area contributed by atoms with Gasteiger partial charge in [0.1, 0.15) is 0 Å². The molecule has 0 atom stereocenters. The highest BCUT2D eigenvalue weighted by Gasteiger charge is 1.91. The van der Waals surface area contributed by atoms with Crippen molar-refractivity contribution in [3.63, 3.8) is 0 Å². The molecular formula is C10H16O2. The molecule has 0 aliphatic heterocycles. The van der Waals surface area contributed by atoms with Gasteiger partial charge in [0.25, 0.3) is 0 Å². The van der Waals surface area contributed by atoms with Gasteiger partial charge in [-0.05, 0) is 6.42 Å². The van der Waals surface area contributed by atoms with Crippen LogP contribution in [0.2, 0.25) is 0 Å². The molecule has 2 heteroatoms. The summed E-state index contributed by atoms with van der Waals surface area (Å²) < 4.78 is 4.46. The minimum absolute atomic E-state index is 0.199. The Morgan fingerprint density at radius 3 is 2.58 bits per heavy atom. The Balaban J connectivity index is 3.42. The standard InChI is InChI=1S/C10H16O2/c1-3-4-5-6-7-8-9-10(11)12-2/h5-8H,3-4,9H2,1-2H3. The molecule has 0 N–H and O–H groups in total. The summed E-state index contributed by atoms with van der Waals surface area (Å²) in [5.74, 6) is -0.199. The van der Waals surface area contributed by atoms with Gasteiger partial charge < -0.3 is 4.74 Å². The molecule has 0 aliphatic rings. The molecule has 0 aromatic carbocycles. The second kappa shape index (κ2) is 8.05. The number of hydrogen-bond donors (Lipinski definition) is 0. The van der Waals surface area contributed by atoms with Crippen LogP contribution in [0.5, 0.6) is 0 Å². The summed E-state index contributed by atoms with van der Waals surface area (Å²) in [6.07, 6.45) is 10.3. The Morgan fingerprint density at radius 2 is 2.00 bits per heavy atom. The number of allylic oxidation sites excluding steroid dienone is 3. The van der Waals surface area contributed by atoms with Crippen molar-refractivity contribution in [3.8, 4) is 0 Å². The Morgan fingerprint density at radius 1 is 1.33 bits per heavy atom. The molecule has 12 heavy (non-hydrogen) atoms. The highest BCUT2D eigenvalue weighted by Crippen LogP contribution is 1.91. The summed E-state index contributed by atoms with van der Waals surface area (Å²) in [6, 6.07) is 0. The van der Waals surface area contributed by atoms with E-state index in [0.717, 1.165) is 12.8 Å². The van der Waals surface area contributed by atoms with Crippen molar-refractivity contribution < 1.29 is 9.53 Å². The van der Waals surface area contributed by atoms with Crippen molar-refractivity contribution in [3.05, 3.63) is 24.3 Å². The second-order valence-corrected chi connectivity index (χ2v) is 2.43. The third kappa shape index (κ3) is 7.06. The number of methoxy groups -OCH3 is 1. The lowest BCUT2D eigenvalue weighted by molar-refractivity contribution is -0.139. The van der Waals surface area contributed by atoms with Gasteiger partial charge in [0.15, 0.2) is 0 Å². The zero-order valence-corrected chi connectivity index (χ0v) is 7.75. The number of unbranched alkanes of at least 4 members (excludes halogenated alkanes) is 1. The Labute approximate surface area is 73.9 Å². The first kappa shape index (κ1) is 11.0. The SMILES string of the molecule is CCCC=CC=CCC(=O)OC. The zero-order chi connectivity index (χ0) is 9.23. The zero-order valence-electron chi connectivity index (χ0n) is 7.75. The molecule has 0 amide bonds. The van der Waals surface area contributed by atoms with Crippen molar-refractivity contribution >= 4 is 5.97 Å². The number of esters is 1. The maximum Gasteiger partial charge on any atom is 0.309 e. The number of rotatable bonds is 5. The minimum Gasteiger partial charge on any atom is -0.469 e. The molecule has 68 valence electrons. The monoisotopic (exact) mass is 168 g/mol. The minimum atomic E-state index is -0.199. The van der Waals surface area contributed by atoms with E-state index in [0.29, 0.717) is 6.42 Å². The van der Waals surface area contributed by atoms with Crippen molar-refractivity contribution in [1.29, 1.82) is 0 Å². The fraction of sp³-hybridized carbons (Fsp3) is 0.500. The lowest BCUT2D eigenvalue weighted by Gasteiger charge is -1.90. The van der Waals surface area contributed by atoms with Gasteiger partial charge in [-0.1, -0.05) is 37.6 Å². The Kier molecular flexibility index (Phi) is 7.35. The smallest absolute Gasteiger partial charge is 0.309 e. The van der Waals surface area contributed by atoms with E-state index in [2.05, 4.69) is 17.7 Å². The van der Waals surface area contributed by atoms with Gasteiger partial charge in [0.2, 0.25) is 0 Å². The Bertz CT molecular complexity index is 169. The van der Waals surface area contributed by atoms with Gasteiger partial charge in [0, 0.05) is 0 Å². The van der Waals surface area contributed by atoms with Gasteiger partial charge in [-0.25, -0.2) is 0 Å². The highest BCUT2D eigenvalue weighted by atomic mass is 16.5. The van der Waals surface area contributed by atoms with Crippen LogP contribution >= 0.6 is 0 Å². The predicted molar refractivity (Wildman–Crippen MR) is 49.8 cm³/mol. The van der Waals surface area contributed by atoms with Crippen LogP contribution in [-0.4, -0.2) is 13.1 Å². The van der Waals surface area contributed by atoms with Gasteiger partial charge in [0.05, 0.1) is 13.5 Å². The van der Waals surface area contributed by atoms with Crippen LogP contribution in [0, 0.1) is 0 Å². The van der Waals surface area contributed by atoms with Crippen molar-refractivity contribution in [2.75, 3.05) is 7.11 Å². The largest absolute Gasteiger partial charge is 0.469 e. The topological polar surface area (TPSA) is 26.3 Å². The van der Waals surface area contributed by atoms with Crippen LogP contribution in [0.15, 0.2) is 24.3 Å². The molecule has 0 heterocycles. The van der Waals surface area contributed by atoms with Gasteiger partial charge in [-0.2, -0.15) is 0 Å². The van der Waals surface area contributed by atoms with E-state index in [-0.39, 0.29) is 5.97 Å². The number of hydrogen-bond acceptors (Lipinski definition) is 2. The van der Waals surface area contributed by atoms with Gasteiger partial charge in [-0.3, -0.25) is 4.79 Å². The van der Waals surface area contributed by atoms with Crippen molar-refractivity contribution in [1.82, 2.24) is 0 Å². The third-order valence-corrected chi connectivity index (χ3v) is 1.35. The van der Waals surface area contributed by atoms with E-state index in [1.807, 2.05) is 12.2 Å². The summed E-state index contributed by atoms with van der Waals surface area (Å²) in [5, 5.41) is 0. The fourth-order valence-corrected chi connectivity index (χ4v) is 0.668. The molecule has 0 saturated heterocycles. The van der Waals surface area contributed by atoms with Crippen LogP contribution < -0.4 is 0 Å². The second-order valence-electron chi connectivity index (χ2n) is 2.43. The number of carbonyl (C=O) groups excluding carboxylic acids is 1. The van der Waals surface area contributed by atoms with Crippen LogP contribution in [0.25, 0.3) is 0 Å². The van der Waals surface area contributed by atoms with E-state index in [9.17, 15) is 4.79 Å². The summed E-state index contributed by atoms with van der Waals surface area (Å²) >= 11 is 0. The first-order valence-electron chi connectivity index (χ1n) is 4.19. The van der Waals surface area contributed by atoms with Gasteiger partial charge >= 0.3 is 5.97 Å². The molecule has 0 aliphatic carbocycles. The van der Waals surface area contributed by atoms with Crippen molar-refractivity contribution in [2.45, 2.75) is 26.2 Å². The van der Waals surface area contributed by atoms with E-state index in [4.69, 9.17) is 0 Å². The van der Waals surface area contributed by atoms with Gasteiger partial charge in [-0.15, -0.1) is 0 Å². The van der Waals surface area contributed by atoms with E-state index >= 15 is 0 Å². The molecule has 0 fully saturated rings.